The molecule has 2 heterocycles. The van der Waals surface area contributed by atoms with Gasteiger partial charge in [0.15, 0.2) is 0 Å². The monoisotopic (exact) mass is 278 g/mol. The average molecular weight is 278 g/mol. The molecule has 1 aromatic rings. The molecule has 20 heavy (non-hydrogen) atoms. The van der Waals surface area contributed by atoms with Gasteiger partial charge in [0.1, 0.15) is 12.4 Å². The van der Waals surface area contributed by atoms with Crippen LogP contribution in [-0.2, 0) is 6.42 Å². The molecule has 0 radical (unpaired) electrons. The van der Waals surface area contributed by atoms with Crippen molar-refractivity contribution in [2.45, 2.75) is 13.3 Å². The lowest BCUT2D eigenvalue weighted by molar-refractivity contribution is 0.133. The van der Waals surface area contributed by atoms with Crippen LogP contribution >= 0.6 is 0 Å². The van der Waals surface area contributed by atoms with Gasteiger partial charge in [0.05, 0.1) is 5.69 Å². The fourth-order valence-corrected chi connectivity index (χ4v) is 2.40. The van der Waals surface area contributed by atoms with Crippen LogP contribution in [0.25, 0.3) is 0 Å². The van der Waals surface area contributed by atoms with Crippen LogP contribution in [0, 0.1) is 6.92 Å². The molecule has 0 bridgehead atoms. The standard InChI is InChI=1S/C15H26N4O/c1-13-3-4-15(14(17-13)5-6-16)20-12-11-19-9-7-18(2)8-10-19/h3-4H,5-12,16H2,1-2H3. The Balaban J connectivity index is 1.81. The minimum absolute atomic E-state index is 0.602. The van der Waals surface area contributed by atoms with Crippen LogP contribution in [0.4, 0.5) is 0 Å². The van der Waals surface area contributed by atoms with Gasteiger partial charge in [-0.1, -0.05) is 0 Å². The van der Waals surface area contributed by atoms with Crippen molar-refractivity contribution in [3.8, 4) is 5.75 Å². The second-order valence-electron chi connectivity index (χ2n) is 5.43. The molecule has 5 heteroatoms. The lowest BCUT2D eigenvalue weighted by Crippen LogP contribution is -2.45. The summed E-state index contributed by atoms with van der Waals surface area (Å²) in [5.41, 5.74) is 7.62. The summed E-state index contributed by atoms with van der Waals surface area (Å²) in [6.45, 7) is 8.83. The molecule has 112 valence electrons. The Hall–Kier alpha value is -1.17. The zero-order valence-corrected chi connectivity index (χ0v) is 12.6. The molecule has 1 fully saturated rings. The number of aryl methyl sites for hydroxylation is 1. The van der Waals surface area contributed by atoms with E-state index in [1.165, 1.54) is 0 Å². The topological polar surface area (TPSA) is 54.6 Å². The van der Waals surface area contributed by atoms with Crippen molar-refractivity contribution >= 4 is 0 Å². The van der Waals surface area contributed by atoms with Crippen LogP contribution in [0.2, 0.25) is 0 Å². The van der Waals surface area contributed by atoms with Gasteiger partial charge in [0.25, 0.3) is 0 Å². The molecule has 0 unspecified atom stereocenters. The zero-order valence-electron chi connectivity index (χ0n) is 12.6. The van der Waals surface area contributed by atoms with E-state index in [9.17, 15) is 0 Å². The summed E-state index contributed by atoms with van der Waals surface area (Å²) in [5.74, 6) is 0.884. The van der Waals surface area contributed by atoms with Gasteiger partial charge in [-0.15, -0.1) is 0 Å². The maximum absolute atomic E-state index is 5.90. The number of nitrogens with zero attached hydrogens (tertiary/aromatic N) is 3. The van der Waals surface area contributed by atoms with Gasteiger partial charge in [-0.3, -0.25) is 9.88 Å². The van der Waals surface area contributed by atoms with Gasteiger partial charge in [-0.25, -0.2) is 0 Å². The maximum Gasteiger partial charge on any atom is 0.140 e. The molecule has 1 saturated heterocycles. The van der Waals surface area contributed by atoms with Crippen molar-refractivity contribution in [1.82, 2.24) is 14.8 Å². The predicted molar refractivity (Wildman–Crippen MR) is 81.2 cm³/mol. The largest absolute Gasteiger partial charge is 0.490 e. The van der Waals surface area contributed by atoms with Crippen LogP contribution in [0.15, 0.2) is 12.1 Å². The Labute approximate surface area is 121 Å². The van der Waals surface area contributed by atoms with Gasteiger partial charge < -0.3 is 15.4 Å². The molecular formula is C15H26N4O. The van der Waals surface area contributed by atoms with Crippen LogP contribution in [0.1, 0.15) is 11.4 Å². The normalized spacial score (nSPS) is 17.4. The third-order valence-electron chi connectivity index (χ3n) is 3.71. The summed E-state index contributed by atoms with van der Waals surface area (Å²) in [6, 6.07) is 4.00. The Morgan fingerprint density at radius 2 is 2.00 bits per heavy atom. The average Bonchev–Trinajstić information content (AvgIpc) is 2.44. The molecule has 0 amide bonds. The second kappa shape index (κ2) is 7.57. The van der Waals surface area contributed by atoms with Crippen molar-refractivity contribution in [1.29, 1.82) is 0 Å². The first kappa shape index (κ1) is 15.2. The minimum Gasteiger partial charge on any atom is -0.490 e. The van der Waals surface area contributed by atoms with Crippen LogP contribution in [0.3, 0.4) is 0 Å². The number of rotatable bonds is 6. The zero-order chi connectivity index (χ0) is 14.4. The smallest absolute Gasteiger partial charge is 0.140 e. The summed E-state index contributed by atoms with van der Waals surface area (Å²) in [5, 5.41) is 0. The fraction of sp³-hybridized carbons (Fsp3) is 0.667. The minimum atomic E-state index is 0.602. The molecule has 0 aliphatic carbocycles. The number of hydrogen-bond donors (Lipinski definition) is 1. The first-order valence-electron chi connectivity index (χ1n) is 7.39. The Kier molecular flexibility index (Phi) is 5.76. The van der Waals surface area contributed by atoms with E-state index in [1.807, 2.05) is 19.1 Å². The van der Waals surface area contributed by atoms with Gasteiger partial charge in [-0.2, -0.15) is 0 Å². The van der Waals surface area contributed by atoms with Crippen molar-refractivity contribution in [3.05, 3.63) is 23.5 Å². The number of hydrogen-bond acceptors (Lipinski definition) is 5. The van der Waals surface area contributed by atoms with Crippen molar-refractivity contribution in [2.75, 3.05) is 52.9 Å². The third kappa shape index (κ3) is 4.44. The van der Waals surface area contributed by atoms with Crippen LogP contribution in [0.5, 0.6) is 5.75 Å². The summed E-state index contributed by atoms with van der Waals surface area (Å²) in [6.07, 6.45) is 0.769. The number of pyridine rings is 1. The fourth-order valence-electron chi connectivity index (χ4n) is 2.40. The molecular weight excluding hydrogens is 252 g/mol. The quantitative estimate of drug-likeness (QED) is 0.822. The van der Waals surface area contributed by atoms with Gasteiger partial charge in [0.2, 0.25) is 0 Å². The van der Waals surface area contributed by atoms with Crippen molar-refractivity contribution in [2.24, 2.45) is 5.73 Å². The Bertz CT molecular complexity index is 416. The highest BCUT2D eigenvalue weighted by Crippen LogP contribution is 2.17. The molecule has 1 aromatic heterocycles. The highest BCUT2D eigenvalue weighted by molar-refractivity contribution is 5.29. The van der Waals surface area contributed by atoms with E-state index in [2.05, 4.69) is 21.8 Å². The van der Waals surface area contributed by atoms with E-state index >= 15 is 0 Å². The molecule has 0 atom stereocenters. The second-order valence-corrected chi connectivity index (χ2v) is 5.43. The van der Waals surface area contributed by atoms with Gasteiger partial charge in [0, 0.05) is 44.8 Å². The van der Waals surface area contributed by atoms with E-state index < -0.39 is 0 Å². The number of ether oxygens (including phenoxy) is 1. The lowest BCUT2D eigenvalue weighted by atomic mass is 10.2. The summed E-state index contributed by atoms with van der Waals surface area (Å²) in [7, 11) is 2.17. The predicted octanol–water partition coefficient (Wildman–Crippen LogP) is 0.517. The van der Waals surface area contributed by atoms with Crippen LogP contribution in [-0.4, -0.2) is 67.7 Å². The number of piperazine rings is 1. The Morgan fingerprint density at radius 1 is 1.25 bits per heavy atom. The first-order valence-corrected chi connectivity index (χ1v) is 7.39. The van der Waals surface area contributed by atoms with E-state index in [0.29, 0.717) is 13.2 Å². The molecule has 0 saturated carbocycles. The lowest BCUT2D eigenvalue weighted by Gasteiger charge is -2.32. The highest BCUT2D eigenvalue weighted by Gasteiger charge is 2.13. The summed E-state index contributed by atoms with van der Waals surface area (Å²) in [4.78, 5) is 9.32. The molecule has 5 nitrogen and oxygen atoms in total. The highest BCUT2D eigenvalue weighted by atomic mass is 16.5. The first-order chi connectivity index (χ1) is 9.69. The molecule has 1 aliphatic heterocycles. The summed E-state index contributed by atoms with van der Waals surface area (Å²) >= 11 is 0. The van der Waals surface area contributed by atoms with Crippen LogP contribution < -0.4 is 10.5 Å². The van der Waals surface area contributed by atoms with E-state index in [4.69, 9.17) is 10.5 Å². The van der Waals surface area contributed by atoms with Gasteiger partial charge in [-0.05, 0) is 32.6 Å². The van der Waals surface area contributed by atoms with E-state index in [-0.39, 0.29) is 0 Å². The van der Waals surface area contributed by atoms with Crippen molar-refractivity contribution < 1.29 is 4.74 Å². The number of nitrogens with two attached hydrogens (primary N) is 1. The number of aromatic nitrogens is 1. The molecule has 2 N–H and O–H groups in total. The van der Waals surface area contributed by atoms with E-state index in [0.717, 1.165) is 56.3 Å². The Morgan fingerprint density at radius 3 is 2.70 bits per heavy atom. The maximum atomic E-state index is 5.90. The molecule has 0 aromatic carbocycles. The number of likely N-dealkylation sites (N-methyl/N-ethyl adjacent to an activating group) is 1. The van der Waals surface area contributed by atoms with Crippen molar-refractivity contribution in [3.63, 3.8) is 0 Å². The molecule has 2 rings (SSSR count). The third-order valence-corrected chi connectivity index (χ3v) is 3.71. The SMILES string of the molecule is Cc1ccc(OCCN2CCN(C)CC2)c(CCN)n1. The van der Waals surface area contributed by atoms with E-state index in [1.54, 1.807) is 0 Å². The molecule has 0 spiro atoms. The van der Waals surface area contributed by atoms with Gasteiger partial charge >= 0.3 is 0 Å². The molecule has 1 aliphatic rings. The summed E-state index contributed by atoms with van der Waals surface area (Å²) < 4.78 is 5.90.